The maximum absolute atomic E-state index is 9.30. The van der Waals surface area contributed by atoms with Gasteiger partial charge in [0.15, 0.2) is 5.84 Å². The number of oxime groups is 1. The molecular weight excluding hydrogens is 274 g/mol. The molecule has 1 aromatic heterocycles. The number of aromatic nitrogens is 1. The van der Waals surface area contributed by atoms with Gasteiger partial charge in [-0.3, -0.25) is 4.98 Å². The van der Waals surface area contributed by atoms with Crippen molar-refractivity contribution in [2.75, 3.05) is 0 Å². The Bertz CT molecular complexity index is 520. The molecule has 0 aliphatic rings. The first-order valence-corrected chi connectivity index (χ1v) is 8.18. The van der Waals surface area contributed by atoms with Gasteiger partial charge in [0, 0.05) is 17.0 Å². The summed E-state index contributed by atoms with van der Waals surface area (Å²) in [4.78, 5) is 5.00. The van der Waals surface area contributed by atoms with Crippen molar-refractivity contribution in [3.8, 4) is 0 Å². The molecule has 0 radical (unpaired) electrons. The maximum atomic E-state index is 9.30. The van der Waals surface area contributed by atoms with E-state index in [-0.39, 0.29) is 17.7 Å². The summed E-state index contributed by atoms with van der Waals surface area (Å²) in [5.41, 5.74) is 11.3. The Morgan fingerprint density at radius 2 is 1.18 bits per heavy atom. The Hall–Kier alpha value is -1.58. The second-order valence-corrected chi connectivity index (χ2v) is 7.19. The summed E-state index contributed by atoms with van der Waals surface area (Å²) >= 11 is 0. The molecule has 0 aromatic carbocycles. The third-order valence-electron chi connectivity index (χ3n) is 3.94. The van der Waals surface area contributed by atoms with Crippen molar-refractivity contribution >= 4 is 5.84 Å². The lowest BCUT2D eigenvalue weighted by Gasteiger charge is -2.27. The van der Waals surface area contributed by atoms with E-state index in [1.165, 1.54) is 0 Å². The van der Waals surface area contributed by atoms with Gasteiger partial charge in [-0.05, 0) is 34.8 Å². The van der Waals surface area contributed by atoms with Crippen LogP contribution in [0, 0.1) is 0 Å². The van der Waals surface area contributed by atoms with Crippen LogP contribution < -0.4 is 5.73 Å². The number of hydrogen-bond donors (Lipinski definition) is 2. The number of nitrogens with zero attached hydrogens (tertiary/aromatic N) is 2. The first kappa shape index (κ1) is 18.5. The van der Waals surface area contributed by atoms with Gasteiger partial charge in [-0.15, -0.1) is 0 Å². The fraction of sp³-hybridized carbons (Fsp3) is 0.667. The predicted octanol–water partition coefficient (Wildman–Crippen LogP) is 4.67. The molecule has 22 heavy (non-hydrogen) atoms. The lowest BCUT2D eigenvalue weighted by atomic mass is 9.82. The minimum Gasteiger partial charge on any atom is -0.409 e. The first-order valence-electron chi connectivity index (χ1n) is 8.18. The summed E-state index contributed by atoms with van der Waals surface area (Å²) in [5.74, 6) is 1.30. The Kier molecular flexibility index (Phi) is 5.98. The number of rotatable bonds is 5. The van der Waals surface area contributed by atoms with Crippen LogP contribution in [0.4, 0.5) is 0 Å². The van der Waals surface area contributed by atoms with Gasteiger partial charge in [0.05, 0.1) is 0 Å². The molecule has 1 rings (SSSR count). The van der Waals surface area contributed by atoms with Gasteiger partial charge < -0.3 is 10.9 Å². The third-order valence-corrected chi connectivity index (χ3v) is 3.94. The molecule has 0 saturated heterocycles. The minimum absolute atomic E-state index is 0.193. The molecule has 1 aromatic rings. The fourth-order valence-corrected chi connectivity index (χ4v) is 3.03. The van der Waals surface area contributed by atoms with E-state index in [0.717, 1.165) is 28.1 Å². The molecular formula is C18H31N3O. The zero-order valence-corrected chi connectivity index (χ0v) is 15.2. The van der Waals surface area contributed by atoms with E-state index in [2.05, 4.69) is 60.5 Å². The molecule has 4 heteroatoms. The summed E-state index contributed by atoms with van der Waals surface area (Å²) in [6.45, 7) is 17.1. The quantitative estimate of drug-likeness (QED) is 0.359. The van der Waals surface area contributed by atoms with Crippen LogP contribution in [0.3, 0.4) is 0 Å². The van der Waals surface area contributed by atoms with Crippen molar-refractivity contribution in [2.24, 2.45) is 10.9 Å². The van der Waals surface area contributed by atoms with Crippen LogP contribution in [0.15, 0.2) is 5.16 Å². The lowest BCUT2D eigenvalue weighted by molar-refractivity contribution is 0.318. The number of amidine groups is 1. The topological polar surface area (TPSA) is 71.5 Å². The van der Waals surface area contributed by atoms with E-state index < -0.39 is 0 Å². The average Bonchev–Trinajstić information content (AvgIpc) is 2.43. The van der Waals surface area contributed by atoms with E-state index in [1.807, 2.05) is 0 Å². The molecule has 124 valence electrons. The van der Waals surface area contributed by atoms with E-state index in [4.69, 9.17) is 10.7 Å². The van der Waals surface area contributed by atoms with Crippen LogP contribution in [0.1, 0.15) is 107 Å². The van der Waals surface area contributed by atoms with Gasteiger partial charge in [0.1, 0.15) is 0 Å². The Balaban J connectivity index is 4.00. The second kappa shape index (κ2) is 7.12. The number of hydrogen-bond acceptors (Lipinski definition) is 3. The van der Waals surface area contributed by atoms with Crippen molar-refractivity contribution in [3.63, 3.8) is 0 Å². The molecule has 0 aliphatic heterocycles. The number of pyridine rings is 1. The molecule has 0 atom stereocenters. The van der Waals surface area contributed by atoms with Crippen molar-refractivity contribution < 1.29 is 5.21 Å². The van der Waals surface area contributed by atoms with Gasteiger partial charge in [-0.1, -0.05) is 60.5 Å². The van der Waals surface area contributed by atoms with Crippen LogP contribution >= 0.6 is 0 Å². The smallest absolute Gasteiger partial charge is 0.170 e. The highest BCUT2D eigenvalue weighted by molar-refractivity contribution is 6.00. The van der Waals surface area contributed by atoms with Crippen LogP contribution in [0.5, 0.6) is 0 Å². The molecule has 0 amide bonds. The first-order chi connectivity index (χ1) is 10.1. The molecule has 0 aliphatic carbocycles. The summed E-state index contributed by atoms with van der Waals surface area (Å²) in [7, 11) is 0. The van der Waals surface area contributed by atoms with Crippen molar-refractivity contribution in [1.29, 1.82) is 0 Å². The van der Waals surface area contributed by atoms with Crippen molar-refractivity contribution in [3.05, 3.63) is 28.1 Å². The van der Waals surface area contributed by atoms with Crippen molar-refractivity contribution in [2.45, 2.75) is 79.1 Å². The predicted molar refractivity (Wildman–Crippen MR) is 93.1 cm³/mol. The largest absolute Gasteiger partial charge is 0.409 e. The highest BCUT2D eigenvalue weighted by Gasteiger charge is 2.27. The lowest BCUT2D eigenvalue weighted by Crippen LogP contribution is -2.24. The minimum atomic E-state index is 0.193. The van der Waals surface area contributed by atoms with Crippen LogP contribution in [-0.4, -0.2) is 16.0 Å². The molecule has 1 heterocycles. The Morgan fingerprint density at radius 1 is 0.818 bits per heavy atom. The second-order valence-electron chi connectivity index (χ2n) is 7.19. The Labute approximate surface area is 134 Å². The van der Waals surface area contributed by atoms with Gasteiger partial charge in [-0.2, -0.15) is 0 Å². The van der Waals surface area contributed by atoms with Gasteiger partial charge >= 0.3 is 0 Å². The maximum Gasteiger partial charge on any atom is 0.170 e. The molecule has 0 spiro atoms. The van der Waals surface area contributed by atoms with Gasteiger partial charge in [-0.25, -0.2) is 0 Å². The van der Waals surface area contributed by atoms with E-state index in [9.17, 15) is 5.21 Å². The summed E-state index contributed by atoms with van der Waals surface area (Å²) < 4.78 is 0. The third kappa shape index (κ3) is 3.42. The SMILES string of the molecule is CC(C)c1nc(C(C)C)c(C(C)C)c(/C(N)=N/O)c1C(C)C. The average molecular weight is 305 g/mol. The van der Waals surface area contributed by atoms with Gasteiger partial charge in [0.2, 0.25) is 0 Å². The highest BCUT2D eigenvalue weighted by atomic mass is 16.4. The van der Waals surface area contributed by atoms with Crippen LogP contribution in [-0.2, 0) is 0 Å². The normalized spacial score (nSPS) is 13.0. The van der Waals surface area contributed by atoms with Gasteiger partial charge in [0.25, 0.3) is 0 Å². The molecule has 3 N–H and O–H groups in total. The molecule has 0 saturated carbocycles. The molecule has 0 fully saturated rings. The molecule has 0 bridgehead atoms. The monoisotopic (exact) mass is 305 g/mol. The zero-order chi connectivity index (χ0) is 17.2. The van der Waals surface area contributed by atoms with E-state index >= 15 is 0 Å². The fourth-order valence-electron chi connectivity index (χ4n) is 3.03. The molecule has 0 unspecified atom stereocenters. The standard InChI is InChI=1S/C18H31N3O/c1-9(2)13-15(18(19)21-22)14(10(3)4)17(12(7)8)20-16(13)11(5)6/h9-12,22H,1-8H3,(H2,19,21). The highest BCUT2D eigenvalue weighted by Crippen LogP contribution is 2.37. The summed E-state index contributed by atoms with van der Waals surface area (Å²) in [6.07, 6.45) is 0. The zero-order valence-electron chi connectivity index (χ0n) is 15.2. The van der Waals surface area contributed by atoms with Crippen molar-refractivity contribution in [1.82, 2.24) is 4.98 Å². The summed E-state index contributed by atoms with van der Waals surface area (Å²) in [6, 6.07) is 0. The summed E-state index contributed by atoms with van der Waals surface area (Å²) in [5, 5.41) is 12.6. The molecule has 4 nitrogen and oxygen atoms in total. The van der Waals surface area contributed by atoms with Crippen LogP contribution in [0.2, 0.25) is 0 Å². The van der Waals surface area contributed by atoms with E-state index in [0.29, 0.717) is 11.8 Å². The van der Waals surface area contributed by atoms with E-state index in [1.54, 1.807) is 0 Å². The number of nitrogens with two attached hydrogens (primary N) is 1. The Morgan fingerprint density at radius 3 is 1.41 bits per heavy atom. The van der Waals surface area contributed by atoms with Crippen LogP contribution in [0.25, 0.3) is 0 Å².